The number of carbonyl (C=O) groups is 1. The molecule has 1 aromatic carbocycles. The number of carbonyl (C=O) groups excluding carboxylic acids is 1. The van der Waals surface area contributed by atoms with E-state index in [0.717, 1.165) is 24.7 Å². The van der Waals surface area contributed by atoms with Crippen LogP contribution in [0, 0.1) is 6.92 Å². The van der Waals surface area contributed by atoms with Crippen LogP contribution in [0.2, 0.25) is 5.02 Å². The van der Waals surface area contributed by atoms with E-state index in [2.05, 4.69) is 0 Å². The maximum atomic E-state index is 12.8. The maximum Gasteiger partial charge on any atom is 0.246 e. The van der Waals surface area contributed by atoms with Crippen LogP contribution in [0.3, 0.4) is 0 Å². The van der Waals surface area contributed by atoms with E-state index in [-0.39, 0.29) is 5.91 Å². The third kappa shape index (κ3) is 3.98. The minimum Gasteiger partial charge on any atom is -0.341 e. The molecule has 0 spiro atoms. The molecule has 1 atom stereocenters. The Labute approximate surface area is 143 Å². The lowest BCUT2D eigenvalue weighted by Gasteiger charge is -2.33. The predicted molar refractivity (Wildman–Crippen MR) is 93.4 cm³/mol. The molecule has 2 rings (SSSR count). The first-order valence-electron chi connectivity index (χ1n) is 7.80. The third-order valence-corrected chi connectivity index (χ3v) is 5.54. The molecule has 0 bridgehead atoms. The zero-order valence-corrected chi connectivity index (χ0v) is 15.3. The molecule has 1 amide bonds. The van der Waals surface area contributed by atoms with Crippen LogP contribution in [0.1, 0.15) is 31.7 Å². The van der Waals surface area contributed by atoms with Gasteiger partial charge in [0.15, 0.2) is 0 Å². The van der Waals surface area contributed by atoms with Crippen LogP contribution in [-0.2, 0) is 14.8 Å². The van der Waals surface area contributed by atoms with Gasteiger partial charge in [-0.2, -0.15) is 0 Å². The first-order chi connectivity index (χ1) is 10.8. The van der Waals surface area contributed by atoms with Gasteiger partial charge in [-0.1, -0.05) is 24.6 Å². The highest BCUT2D eigenvalue weighted by molar-refractivity contribution is 7.92. The summed E-state index contributed by atoms with van der Waals surface area (Å²) in [6.07, 6.45) is 3.48. The number of hydrogen-bond donors (Lipinski definition) is 0. The standard InChI is InChI=1S/C16H23ClN2O3S/c1-4-14(16(20)18-9-5-6-10-18)19(23(3,21)22)15-11-13(17)8-7-12(15)2/h7-8,11,14H,4-6,9-10H2,1-3H3/t14-/m0/s1. The quantitative estimate of drug-likeness (QED) is 0.813. The van der Waals surface area contributed by atoms with Crippen molar-refractivity contribution in [1.82, 2.24) is 4.90 Å². The van der Waals surface area contributed by atoms with Crippen LogP contribution in [0.15, 0.2) is 18.2 Å². The minimum atomic E-state index is -3.62. The Balaban J connectivity index is 2.48. The highest BCUT2D eigenvalue weighted by atomic mass is 35.5. The lowest BCUT2D eigenvalue weighted by molar-refractivity contribution is -0.131. The highest BCUT2D eigenvalue weighted by Gasteiger charge is 2.35. The Morgan fingerprint density at radius 3 is 2.48 bits per heavy atom. The molecular weight excluding hydrogens is 336 g/mol. The molecule has 1 aliphatic rings. The van der Waals surface area contributed by atoms with Gasteiger partial charge in [-0.15, -0.1) is 0 Å². The van der Waals surface area contributed by atoms with E-state index in [1.807, 2.05) is 13.8 Å². The molecule has 0 saturated carbocycles. The summed E-state index contributed by atoms with van der Waals surface area (Å²) in [5, 5.41) is 0.447. The number of nitrogens with zero attached hydrogens (tertiary/aromatic N) is 2. The molecule has 7 heteroatoms. The van der Waals surface area contributed by atoms with Crippen molar-refractivity contribution >= 4 is 33.2 Å². The fourth-order valence-electron chi connectivity index (χ4n) is 2.99. The summed E-state index contributed by atoms with van der Waals surface area (Å²) >= 11 is 6.05. The van der Waals surface area contributed by atoms with Crippen molar-refractivity contribution in [2.45, 2.75) is 39.2 Å². The smallest absolute Gasteiger partial charge is 0.246 e. The Kier molecular flexibility index (Phi) is 5.57. The Morgan fingerprint density at radius 2 is 1.96 bits per heavy atom. The fourth-order valence-corrected chi connectivity index (χ4v) is 4.41. The van der Waals surface area contributed by atoms with E-state index in [4.69, 9.17) is 11.6 Å². The van der Waals surface area contributed by atoms with E-state index < -0.39 is 16.1 Å². The van der Waals surface area contributed by atoms with Crippen LogP contribution < -0.4 is 4.31 Å². The number of hydrogen-bond acceptors (Lipinski definition) is 3. The first-order valence-corrected chi connectivity index (χ1v) is 10.0. The molecule has 0 N–H and O–H groups in total. The molecular formula is C16H23ClN2O3S. The molecule has 1 saturated heterocycles. The van der Waals surface area contributed by atoms with Crippen LogP contribution in [0.4, 0.5) is 5.69 Å². The zero-order valence-electron chi connectivity index (χ0n) is 13.8. The SMILES string of the molecule is CC[C@@H](C(=O)N1CCCC1)N(c1cc(Cl)ccc1C)S(C)(=O)=O. The van der Waals surface area contributed by atoms with Gasteiger partial charge >= 0.3 is 0 Å². The predicted octanol–water partition coefficient (Wildman–Crippen LogP) is 2.82. The highest BCUT2D eigenvalue weighted by Crippen LogP contribution is 2.30. The van der Waals surface area contributed by atoms with Crippen molar-refractivity contribution < 1.29 is 13.2 Å². The van der Waals surface area contributed by atoms with Crippen LogP contribution >= 0.6 is 11.6 Å². The molecule has 1 heterocycles. The number of benzene rings is 1. The maximum absolute atomic E-state index is 12.8. The lowest BCUT2D eigenvalue weighted by atomic mass is 10.1. The van der Waals surface area contributed by atoms with Gasteiger partial charge in [0.05, 0.1) is 11.9 Å². The van der Waals surface area contributed by atoms with Crippen LogP contribution in [0.25, 0.3) is 0 Å². The van der Waals surface area contributed by atoms with Crippen molar-refractivity contribution in [2.24, 2.45) is 0 Å². The third-order valence-electron chi connectivity index (χ3n) is 4.14. The topological polar surface area (TPSA) is 57.7 Å². The van der Waals surface area contributed by atoms with Gasteiger partial charge in [0.1, 0.15) is 6.04 Å². The molecule has 0 aromatic heterocycles. The minimum absolute atomic E-state index is 0.130. The van der Waals surface area contributed by atoms with Gasteiger partial charge in [-0.25, -0.2) is 8.42 Å². The van der Waals surface area contributed by atoms with Crippen LogP contribution in [-0.4, -0.2) is 44.6 Å². The number of amides is 1. The average Bonchev–Trinajstić information content (AvgIpc) is 3.00. The second kappa shape index (κ2) is 7.09. The zero-order chi connectivity index (χ0) is 17.2. The van der Waals surface area contributed by atoms with Crippen molar-refractivity contribution in [2.75, 3.05) is 23.7 Å². The number of aryl methyl sites for hydroxylation is 1. The summed E-state index contributed by atoms with van der Waals surface area (Å²) in [6, 6.07) is 4.35. The van der Waals surface area contributed by atoms with Gasteiger partial charge in [0.2, 0.25) is 15.9 Å². The number of likely N-dealkylation sites (tertiary alicyclic amines) is 1. The van der Waals surface area contributed by atoms with E-state index >= 15 is 0 Å². The van der Waals surface area contributed by atoms with E-state index in [9.17, 15) is 13.2 Å². The summed E-state index contributed by atoms with van der Waals surface area (Å²) in [7, 11) is -3.62. The van der Waals surface area contributed by atoms with E-state index in [1.165, 1.54) is 4.31 Å². The Morgan fingerprint density at radius 1 is 1.35 bits per heavy atom. The molecule has 1 fully saturated rings. The summed E-state index contributed by atoms with van der Waals surface area (Å²) in [6.45, 7) is 5.04. The second-order valence-corrected chi connectivity index (χ2v) is 8.24. The molecule has 128 valence electrons. The van der Waals surface area contributed by atoms with Crippen molar-refractivity contribution in [3.8, 4) is 0 Å². The monoisotopic (exact) mass is 358 g/mol. The summed E-state index contributed by atoms with van der Waals surface area (Å²) in [4.78, 5) is 14.6. The number of rotatable bonds is 5. The van der Waals surface area contributed by atoms with E-state index in [0.29, 0.717) is 30.2 Å². The van der Waals surface area contributed by atoms with Crippen molar-refractivity contribution in [3.63, 3.8) is 0 Å². The molecule has 0 aliphatic carbocycles. The van der Waals surface area contributed by atoms with Gasteiger partial charge in [0.25, 0.3) is 0 Å². The summed E-state index contributed by atoms with van der Waals surface area (Å²) in [5.41, 5.74) is 1.24. The fraction of sp³-hybridized carbons (Fsp3) is 0.562. The second-order valence-electron chi connectivity index (χ2n) is 5.95. The van der Waals surface area contributed by atoms with Gasteiger partial charge in [-0.3, -0.25) is 9.10 Å². The molecule has 0 radical (unpaired) electrons. The average molecular weight is 359 g/mol. The van der Waals surface area contributed by atoms with Gasteiger partial charge in [0, 0.05) is 18.1 Å². The normalized spacial score (nSPS) is 16.4. The van der Waals surface area contributed by atoms with Crippen LogP contribution in [0.5, 0.6) is 0 Å². The molecule has 23 heavy (non-hydrogen) atoms. The number of halogens is 1. The van der Waals surface area contributed by atoms with E-state index in [1.54, 1.807) is 23.1 Å². The Bertz CT molecular complexity index is 685. The molecule has 0 unspecified atom stereocenters. The lowest BCUT2D eigenvalue weighted by Crippen LogP contribution is -2.50. The summed E-state index contributed by atoms with van der Waals surface area (Å²) in [5.74, 6) is -0.130. The molecule has 1 aromatic rings. The first kappa shape index (κ1) is 18.1. The largest absolute Gasteiger partial charge is 0.341 e. The number of anilines is 1. The van der Waals surface area contributed by atoms with Crippen molar-refractivity contribution in [1.29, 1.82) is 0 Å². The molecule has 1 aliphatic heterocycles. The van der Waals surface area contributed by atoms with Gasteiger partial charge in [-0.05, 0) is 43.9 Å². The van der Waals surface area contributed by atoms with Crippen molar-refractivity contribution in [3.05, 3.63) is 28.8 Å². The summed E-state index contributed by atoms with van der Waals surface area (Å²) < 4.78 is 26.1. The Hall–Kier alpha value is -1.27. The number of sulfonamides is 1. The van der Waals surface area contributed by atoms with Gasteiger partial charge < -0.3 is 4.90 Å². The molecule has 5 nitrogen and oxygen atoms in total.